The first kappa shape index (κ1) is 34.0. The minimum absolute atomic E-state index is 0.0353. The van der Waals surface area contributed by atoms with E-state index in [1.165, 1.54) is 18.2 Å². The van der Waals surface area contributed by atoms with E-state index in [0.717, 1.165) is 15.0 Å². The fourth-order valence-electron chi connectivity index (χ4n) is 4.77. The summed E-state index contributed by atoms with van der Waals surface area (Å²) in [5.41, 5.74) is 2.79. The highest BCUT2D eigenvalue weighted by Crippen LogP contribution is 2.26. The maximum atomic E-state index is 13.6. The SMILES string of the molecule is O=C(O)C[C@H](NC(=O)[C@@H]1CCCN2C(=O)CCN(NC(=O)OCc3ccccc3)C(=O)N12)C(=O)COC(=O)c1c(Cl)cccc1Cl. The number of ether oxygens (including phenoxy) is 2. The van der Waals surface area contributed by atoms with Crippen LogP contribution in [0, 0.1) is 0 Å². The van der Waals surface area contributed by atoms with Gasteiger partial charge in [0.1, 0.15) is 18.7 Å². The van der Waals surface area contributed by atoms with Crippen LogP contribution in [0.2, 0.25) is 10.0 Å². The van der Waals surface area contributed by atoms with Gasteiger partial charge in [0.25, 0.3) is 0 Å². The van der Waals surface area contributed by atoms with Crippen LogP contribution in [0.15, 0.2) is 48.5 Å². The summed E-state index contributed by atoms with van der Waals surface area (Å²) in [6, 6.07) is 9.08. The number of amides is 5. The summed E-state index contributed by atoms with van der Waals surface area (Å²) in [6.07, 6.45) is -1.69. The first-order chi connectivity index (χ1) is 22.0. The molecular weight excluding hydrogens is 649 g/mol. The third-order valence-electron chi connectivity index (χ3n) is 7.00. The number of fused-ring (bicyclic) bond motifs is 1. The van der Waals surface area contributed by atoms with Crippen molar-refractivity contribution in [3.05, 3.63) is 69.7 Å². The second-order valence-corrected chi connectivity index (χ2v) is 11.0. The Morgan fingerprint density at radius 2 is 1.65 bits per heavy atom. The van der Waals surface area contributed by atoms with Crippen LogP contribution in [0.3, 0.4) is 0 Å². The first-order valence-corrected chi connectivity index (χ1v) is 14.8. The molecule has 2 fully saturated rings. The van der Waals surface area contributed by atoms with E-state index < -0.39 is 66.8 Å². The number of carboxylic acids is 1. The average Bonchev–Trinajstić information content (AvgIpc) is 3.14. The number of aliphatic carboxylic acids is 1. The van der Waals surface area contributed by atoms with Crippen LogP contribution in [0.5, 0.6) is 0 Å². The van der Waals surface area contributed by atoms with Crippen molar-refractivity contribution in [1.29, 1.82) is 0 Å². The summed E-state index contributed by atoms with van der Waals surface area (Å²) in [5, 5.41) is 14.4. The lowest BCUT2D eigenvalue weighted by atomic mass is 10.0. The number of nitrogens with zero attached hydrogens (tertiary/aromatic N) is 3. The lowest BCUT2D eigenvalue weighted by Gasteiger charge is -2.42. The Morgan fingerprint density at radius 1 is 0.957 bits per heavy atom. The van der Waals surface area contributed by atoms with Gasteiger partial charge in [-0.05, 0) is 30.5 Å². The molecule has 0 radical (unpaired) electrons. The quantitative estimate of drug-likeness (QED) is 0.298. The van der Waals surface area contributed by atoms with Gasteiger partial charge in [-0.2, -0.15) is 0 Å². The number of hydrazine groups is 2. The minimum Gasteiger partial charge on any atom is -0.481 e. The molecule has 0 spiro atoms. The molecular formula is C29H29Cl2N5O10. The Bertz CT molecular complexity index is 1500. The third-order valence-corrected chi connectivity index (χ3v) is 7.63. The molecule has 2 aliphatic rings. The summed E-state index contributed by atoms with van der Waals surface area (Å²) >= 11 is 12.0. The zero-order valence-corrected chi connectivity index (χ0v) is 25.7. The maximum absolute atomic E-state index is 13.6. The molecule has 0 bridgehead atoms. The molecule has 2 aromatic carbocycles. The molecule has 0 aliphatic carbocycles. The second-order valence-electron chi connectivity index (χ2n) is 10.2. The summed E-state index contributed by atoms with van der Waals surface area (Å²) in [6.45, 7) is -1.15. The number of nitrogens with one attached hydrogen (secondary N) is 2. The Balaban J connectivity index is 1.44. The highest BCUT2D eigenvalue weighted by molar-refractivity contribution is 6.39. The molecule has 17 heteroatoms. The van der Waals surface area contributed by atoms with Gasteiger partial charge in [-0.1, -0.05) is 59.6 Å². The van der Waals surface area contributed by atoms with Crippen molar-refractivity contribution in [3.63, 3.8) is 0 Å². The number of benzene rings is 2. The van der Waals surface area contributed by atoms with E-state index in [4.69, 9.17) is 32.7 Å². The molecule has 2 atom stereocenters. The highest BCUT2D eigenvalue weighted by Gasteiger charge is 2.45. The van der Waals surface area contributed by atoms with Crippen LogP contribution >= 0.6 is 23.2 Å². The van der Waals surface area contributed by atoms with Crippen LogP contribution in [-0.2, 0) is 35.3 Å². The van der Waals surface area contributed by atoms with Crippen LogP contribution < -0.4 is 10.7 Å². The minimum atomic E-state index is -1.67. The molecule has 4 rings (SSSR count). The van der Waals surface area contributed by atoms with Gasteiger partial charge in [-0.15, -0.1) is 0 Å². The molecule has 0 unspecified atom stereocenters. The van der Waals surface area contributed by atoms with Crippen molar-refractivity contribution in [2.24, 2.45) is 0 Å². The Hall–Kier alpha value is -4.89. The normalized spacial score (nSPS) is 16.9. The van der Waals surface area contributed by atoms with Gasteiger partial charge in [-0.25, -0.2) is 34.8 Å². The predicted octanol–water partition coefficient (Wildman–Crippen LogP) is 2.55. The van der Waals surface area contributed by atoms with Crippen LogP contribution in [0.4, 0.5) is 9.59 Å². The van der Waals surface area contributed by atoms with E-state index in [0.29, 0.717) is 12.0 Å². The average molecular weight is 678 g/mol. The number of hydrogen-bond acceptors (Lipinski definition) is 9. The second kappa shape index (κ2) is 15.4. The number of carbonyl (C=O) groups excluding carboxylic acids is 6. The lowest BCUT2D eigenvalue weighted by Crippen LogP contribution is -2.65. The number of carbonyl (C=O) groups is 7. The summed E-state index contributed by atoms with van der Waals surface area (Å²) in [4.78, 5) is 89.5. The Kier molecular flexibility index (Phi) is 11.4. The highest BCUT2D eigenvalue weighted by atomic mass is 35.5. The van der Waals surface area contributed by atoms with Gasteiger partial charge >= 0.3 is 24.1 Å². The molecule has 244 valence electrons. The summed E-state index contributed by atoms with van der Waals surface area (Å²) in [5.74, 6) is -4.91. The third kappa shape index (κ3) is 8.43. The van der Waals surface area contributed by atoms with Gasteiger partial charge in [0.2, 0.25) is 11.8 Å². The monoisotopic (exact) mass is 677 g/mol. The van der Waals surface area contributed by atoms with Gasteiger partial charge in [0, 0.05) is 13.0 Å². The molecule has 3 N–H and O–H groups in total. The van der Waals surface area contributed by atoms with E-state index in [1.54, 1.807) is 30.3 Å². The molecule has 2 heterocycles. The van der Waals surface area contributed by atoms with Crippen LogP contribution in [0.1, 0.15) is 41.6 Å². The zero-order valence-electron chi connectivity index (χ0n) is 24.1. The van der Waals surface area contributed by atoms with Crippen molar-refractivity contribution >= 4 is 64.9 Å². The van der Waals surface area contributed by atoms with Gasteiger partial charge in [0.05, 0.1) is 28.6 Å². The molecule has 2 aliphatic heterocycles. The number of halogens is 2. The zero-order chi connectivity index (χ0) is 33.4. The topological polar surface area (TPSA) is 192 Å². The molecule has 0 saturated carbocycles. The van der Waals surface area contributed by atoms with Crippen molar-refractivity contribution in [1.82, 2.24) is 25.8 Å². The largest absolute Gasteiger partial charge is 0.481 e. The smallest absolute Gasteiger partial charge is 0.426 e. The van der Waals surface area contributed by atoms with Crippen LogP contribution in [-0.4, -0.2) is 93.6 Å². The van der Waals surface area contributed by atoms with Crippen LogP contribution in [0.25, 0.3) is 0 Å². The number of Topliss-reactive ketones (excluding diaryl/α,β-unsaturated/α-hetero) is 1. The van der Waals surface area contributed by atoms with E-state index in [2.05, 4.69) is 10.7 Å². The van der Waals surface area contributed by atoms with Crippen molar-refractivity contribution in [3.8, 4) is 0 Å². The fraction of sp³-hybridized carbons (Fsp3) is 0.345. The molecule has 46 heavy (non-hydrogen) atoms. The molecule has 2 aromatic rings. The molecule has 15 nitrogen and oxygen atoms in total. The number of urea groups is 1. The van der Waals surface area contributed by atoms with Crippen molar-refractivity contribution in [2.75, 3.05) is 19.7 Å². The number of carboxylic acid groups (broad SMARTS) is 1. The van der Waals surface area contributed by atoms with Gasteiger partial charge < -0.3 is 19.9 Å². The van der Waals surface area contributed by atoms with E-state index in [1.807, 2.05) is 0 Å². The van der Waals surface area contributed by atoms with E-state index in [9.17, 15) is 38.7 Å². The summed E-state index contributed by atoms with van der Waals surface area (Å²) in [7, 11) is 0. The van der Waals surface area contributed by atoms with Gasteiger partial charge in [-0.3, -0.25) is 19.2 Å². The number of rotatable bonds is 11. The number of esters is 1. The maximum Gasteiger partial charge on any atom is 0.426 e. The van der Waals surface area contributed by atoms with Gasteiger partial charge in [0.15, 0.2) is 12.4 Å². The molecule has 5 amide bonds. The fourth-order valence-corrected chi connectivity index (χ4v) is 5.32. The molecule has 0 aromatic heterocycles. The Labute approximate surface area is 272 Å². The molecule has 2 saturated heterocycles. The van der Waals surface area contributed by atoms with E-state index >= 15 is 0 Å². The van der Waals surface area contributed by atoms with E-state index in [-0.39, 0.29) is 48.1 Å². The standard InChI is InChI=1S/C29H29Cl2N5O10/c30-18-8-4-9-19(31)25(18)27(42)45-16-22(37)20(14-24(39)40)32-26(41)21-10-5-12-35-23(38)11-13-34(29(44)36(21)35)33-28(43)46-15-17-6-2-1-3-7-17/h1-4,6-9,20-21H,5,10-16H2,(H,32,41)(H,33,43)(H,39,40)/t20-,21-/m0/s1. The van der Waals surface area contributed by atoms with Crippen molar-refractivity contribution < 1.29 is 48.1 Å². The number of ketones is 1. The lowest BCUT2D eigenvalue weighted by molar-refractivity contribution is -0.155. The summed E-state index contributed by atoms with van der Waals surface area (Å²) < 4.78 is 10.2. The predicted molar refractivity (Wildman–Crippen MR) is 159 cm³/mol. The Morgan fingerprint density at radius 3 is 2.33 bits per heavy atom. The number of hydrogen-bond donors (Lipinski definition) is 3. The van der Waals surface area contributed by atoms with Crippen molar-refractivity contribution in [2.45, 2.75) is 44.4 Å². The first-order valence-electron chi connectivity index (χ1n) is 14.0.